The quantitative estimate of drug-likeness (QED) is 0.408. The molecule has 0 aliphatic rings. The van der Waals surface area contributed by atoms with Crippen LogP contribution in [0.25, 0.3) is 0 Å². The van der Waals surface area contributed by atoms with E-state index in [0.29, 0.717) is 10.3 Å². The van der Waals surface area contributed by atoms with Crippen molar-refractivity contribution in [3.05, 3.63) is 22.2 Å². The van der Waals surface area contributed by atoms with Gasteiger partial charge in [0.25, 0.3) is 0 Å². The van der Waals surface area contributed by atoms with Crippen molar-refractivity contribution in [2.75, 3.05) is 23.5 Å². The maximum absolute atomic E-state index is 15.0. The Morgan fingerprint density at radius 1 is 1.38 bits per heavy atom. The zero-order valence-electron chi connectivity index (χ0n) is 13.1. The molecule has 3 nitrogen and oxygen atoms in total. The summed E-state index contributed by atoms with van der Waals surface area (Å²) in [5.74, 6) is 2.49. The van der Waals surface area contributed by atoms with Crippen molar-refractivity contribution in [1.29, 1.82) is 0 Å². The van der Waals surface area contributed by atoms with E-state index in [-0.39, 0.29) is 11.5 Å². The SMILES string of the molecule is CCS(CC)(CC)c1cc(Br)nc(C(C)=N[S+](C)[O-])c1F. The summed E-state index contributed by atoms with van der Waals surface area (Å²) in [4.78, 5) is 4.93. The van der Waals surface area contributed by atoms with Crippen LogP contribution in [0.1, 0.15) is 33.4 Å². The molecule has 120 valence electrons. The molecule has 1 heterocycles. The highest BCUT2D eigenvalue weighted by Crippen LogP contribution is 2.56. The van der Waals surface area contributed by atoms with Gasteiger partial charge in [0, 0.05) is 4.90 Å². The van der Waals surface area contributed by atoms with Crippen molar-refractivity contribution in [1.82, 2.24) is 4.98 Å². The highest BCUT2D eigenvalue weighted by atomic mass is 79.9. The Balaban J connectivity index is 3.54. The fourth-order valence-corrected chi connectivity index (χ4v) is 6.37. The van der Waals surface area contributed by atoms with Crippen LogP contribution in [0.2, 0.25) is 0 Å². The van der Waals surface area contributed by atoms with Crippen LogP contribution in [0.3, 0.4) is 0 Å². The fourth-order valence-electron chi connectivity index (χ4n) is 2.35. The number of hydrogen-bond acceptors (Lipinski definition) is 3. The smallest absolute Gasteiger partial charge is 0.163 e. The second-order valence-corrected chi connectivity index (χ2v) is 10.7. The van der Waals surface area contributed by atoms with Crippen molar-refractivity contribution in [3.63, 3.8) is 0 Å². The van der Waals surface area contributed by atoms with Gasteiger partial charge in [-0.15, -0.1) is 0 Å². The van der Waals surface area contributed by atoms with E-state index in [4.69, 9.17) is 0 Å². The third-order valence-electron chi connectivity index (χ3n) is 3.63. The van der Waals surface area contributed by atoms with Crippen LogP contribution < -0.4 is 0 Å². The molecular formula is C14H22BrFN2OS2. The van der Waals surface area contributed by atoms with Crippen molar-refractivity contribution in [2.45, 2.75) is 32.6 Å². The maximum atomic E-state index is 15.0. The first-order valence-corrected chi connectivity index (χ1v) is 11.3. The van der Waals surface area contributed by atoms with Gasteiger partial charge < -0.3 is 4.55 Å². The third-order valence-corrected chi connectivity index (χ3v) is 9.11. The molecule has 0 aliphatic carbocycles. The largest absolute Gasteiger partial charge is 0.591 e. The molecule has 0 bridgehead atoms. The molecule has 0 fully saturated rings. The van der Waals surface area contributed by atoms with E-state index >= 15 is 0 Å². The Labute approximate surface area is 139 Å². The zero-order chi connectivity index (χ0) is 16.2. The summed E-state index contributed by atoms with van der Waals surface area (Å²) in [6, 6.07) is 1.79. The lowest BCUT2D eigenvalue weighted by Crippen LogP contribution is -2.15. The summed E-state index contributed by atoms with van der Waals surface area (Å²) in [7, 11) is -1.20. The number of hydrogen-bond donors (Lipinski definition) is 0. The molecule has 0 saturated heterocycles. The lowest BCUT2D eigenvalue weighted by Gasteiger charge is -2.38. The van der Waals surface area contributed by atoms with Crippen molar-refractivity contribution < 1.29 is 8.94 Å². The van der Waals surface area contributed by atoms with Crippen LogP contribution in [-0.2, 0) is 11.4 Å². The lowest BCUT2D eigenvalue weighted by molar-refractivity contribution is 0.588. The molecule has 0 amide bonds. The molecule has 1 atom stereocenters. The predicted octanol–water partition coefficient (Wildman–Crippen LogP) is 4.31. The molecule has 0 aliphatic heterocycles. The van der Waals surface area contributed by atoms with Gasteiger partial charge in [-0.05, 0) is 46.2 Å². The number of rotatable bonds is 6. The van der Waals surface area contributed by atoms with Crippen LogP contribution in [0, 0.1) is 5.82 Å². The van der Waals surface area contributed by atoms with E-state index in [9.17, 15) is 8.94 Å². The summed E-state index contributed by atoms with van der Waals surface area (Å²) < 4.78 is 30.7. The number of pyridine rings is 1. The molecule has 0 saturated carbocycles. The van der Waals surface area contributed by atoms with E-state index in [0.717, 1.165) is 22.2 Å². The third kappa shape index (κ3) is 4.21. The average molecular weight is 397 g/mol. The van der Waals surface area contributed by atoms with Crippen LogP contribution >= 0.6 is 26.0 Å². The molecule has 0 spiro atoms. The first-order valence-electron chi connectivity index (χ1n) is 6.83. The Morgan fingerprint density at radius 2 is 1.90 bits per heavy atom. The van der Waals surface area contributed by atoms with Gasteiger partial charge in [-0.2, -0.15) is 0 Å². The van der Waals surface area contributed by atoms with Gasteiger partial charge in [-0.1, -0.05) is 25.2 Å². The molecule has 1 unspecified atom stereocenters. The summed E-state index contributed by atoms with van der Waals surface area (Å²) in [5.41, 5.74) is 0.564. The minimum absolute atomic E-state index is 0.196. The topological polar surface area (TPSA) is 48.3 Å². The molecule has 0 N–H and O–H groups in total. The summed E-state index contributed by atoms with van der Waals surface area (Å²) >= 11 is 2.00. The molecule has 1 rings (SSSR count). The Hall–Kier alpha value is -0.110. The van der Waals surface area contributed by atoms with Gasteiger partial charge in [-0.3, -0.25) is 0 Å². The number of nitrogens with zero attached hydrogens (tertiary/aromatic N) is 2. The highest BCUT2D eigenvalue weighted by Gasteiger charge is 2.27. The molecule has 1 aromatic rings. The van der Waals surface area contributed by atoms with Crippen LogP contribution in [0.15, 0.2) is 20.0 Å². The van der Waals surface area contributed by atoms with E-state index in [2.05, 4.69) is 46.1 Å². The first-order chi connectivity index (χ1) is 9.81. The van der Waals surface area contributed by atoms with Gasteiger partial charge >= 0.3 is 0 Å². The molecule has 0 aromatic carbocycles. The van der Waals surface area contributed by atoms with E-state index < -0.39 is 21.4 Å². The molecule has 21 heavy (non-hydrogen) atoms. The predicted molar refractivity (Wildman–Crippen MR) is 95.7 cm³/mol. The Bertz CT molecular complexity index is 526. The van der Waals surface area contributed by atoms with Crippen molar-refractivity contribution >= 4 is 43.0 Å². The maximum Gasteiger partial charge on any atom is 0.163 e. The minimum Gasteiger partial charge on any atom is -0.591 e. The molecule has 0 radical (unpaired) electrons. The van der Waals surface area contributed by atoms with Crippen LogP contribution in [0.4, 0.5) is 4.39 Å². The minimum atomic E-state index is -1.37. The second-order valence-electron chi connectivity index (χ2n) is 4.62. The fraction of sp³-hybridized carbons (Fsp3) is 0.571. The van der Waals surface area contributed by atoms with Gasteiger partial charge in [0.15, 0.2) is 5.82 Å². The summed E-state index contributed by atoms with van der Waals surface area (Å²) in [6.45, 7) is 7.97. The molecule has 7 heteroatoms. The van der Waals surface area contributed by atoms with Crippen LogP contribution in [0.5, 0.6) is 0 Å². The zero-order valence-corrected chi connectivity index (χ0v) is 16.3. The number of aromatic nitrogens is 1. The van der Waals surface area contributed by atoms with Crippen molar-refractivity contribution in [3.8, 4) is 0 Å². The van der Waals surface area contributed by atoms with Gasteiger partial charge in [0.05, 0.1) is 11.4 Å². The van der Waals surface area contributed by atoms with Gasteiger partial charge in [-0.25, -0.2) is 19.4 Å². The number of halogens is 2. The van der Waals surface area contributed by atoms with E-state index in [1.165, 1.54) is 6.26 Å². The van der Waals surface area contributed by atoms with Gasteiger partial charge in [0.1, 0.15) is 22.3 Å². The van der Waals surface area contributed by atoms with Crippen LogP contribution in [-0.4, -0.2) is 38.8 Å². The second kappa shape index (κ2) is 7.94. The van der Waals surface area contributed by atoms with E-state index in [1.54, 1.807) is 13.0 Å². The molecule has 1 aromatic heterocycles. The summed E-state index contributed by atoms with van der Waals surface area (Å²) in [5, 5.41) is 0. The van der Waals surface area contributed by atoms with Gasteiger partial charge in [0.2, 0.25) is 0 Å². The Kier molecular flexibility index (Phi) is 7.16. The monoisotopic (exact) mass is 396 g/mol. The standard InChI is InChI=1S/C14H22BrFN2OS2/c1-6-21(7-2,8-3)11-9-12(15)17-14(13(11)16)10(4)18-20(5)19/h9H,6-8H2,1-5H3. The first kappa shape index (κ1) is 18.9. The summed E-state index contributed by atoms with van der Waals surface area (Å²) in [6.07, 6.45) is 1.46. The normalized spacial score (nSPS) is 15.1. The molecular weight excluding hydrogens is 375 g/mol. The highest BCUT2D eigenvalue weighted by molar-refractivity contribution is 9.10. The van der Waals surface area contributed by atoms with E-state index in [1.807, 2.05) is 0 Å². The lowest BCUT2D eigenvalue weighted by atomic mass is 10.2. The van der Waals surface area contributed by atoms with Crippen molar-refractivity contribution in [2.24, 2.45) is 4.40 Å². The average Bonchev–Trinajstić information content (AvgIpc) is 2.43. The Morgan fingerprint density at radius 3 is 2.33 bits per heavy atom.